The minimum atomic E-state index is -0.264. The highest BCUT2D eigenvalue weighted by molar-refractivity contribution is 6.07. The van der Waals surface area contributed by atoms with Crippen LogP contribution in [0.15, 0.2) is 24.4 Å². The van der Waals surface area contributed by atoms with Gasteiger partial charge in [-0.3, -0.25) is 9.69 Å². The van der Waals surface area contributed by atoms with E-state index in [2.05, 4.69) is 47.4 Å². The highest BCUT2D eigenvalue weighted by atomic mass is 16.1. The standard InChI is InChI=1S/C19H28N4O/c1-4-14-6-5-7-15-16(12-21-17(14)15)18(24)22-19(2,3)13-23-10-8-20-9-11-23/h5-7,12,20-21H,4,8-11,13H2,1-3H3,(H,22,24). The van der Waals surface area contributed by atoms with E-state index >= 15 is 0 Å². The van der Waals surface area contributed by atoms with Crippen LogP contribution < -0.4 is 10.6 Å². The lowest BCUT2D eigenvalue weighted by atomic mass is 10.0. The van der Waals surface area contributed by atoms with Crippen molar-refractivity contribution in [3.8, 4) is 0 Å². The molecule has 1 aliphatic rings. The zero-order valence-corrected chi connectivity index (χ0v) is 14.9. The molecule has 1 aliphatic heterocycles. The van der Waals surface area contributed by atoms with E-state index in [0.29, 0.717) is 0 Å². The summed E-state index contributed by atoms with van der Waals surface area (Å²) in [6, 6.07) is 6.15. The van der Waals surface area contributed by atoms with Crippen molar-refractivity contribution in [2.75, 3.05) is 32.7 Å². The predicted molar refractivity (Wildman–Crippen MR) is 98.5 cm³/mol. The fraction of sp³-hybridized carbons (Fsp3) is 0.526. The Morgan fingerprint density at radius 1 is 1.29 bits per heavy atom. The maximum Gasteiger partial charge on any atom is 0.253 e. The van der Waals surface area contributed by atoms with Gasteiger partial charge in [0.05, 0.1) is 5.56 Å². The Bertz CT molecular complexity index is 713. The number of H-pyrrole nitrogens is 1. The van der Waals surface area contributed by atoms with Gasteiger partial charge >= 0.3 is 0 Å². The average molecular weight is 328 g/mol. The first-order valence-electron chi connectivity index (χ1n) is 8.85. The lowest BCUT2D eigenvalue weighted by Crippen LogP contribution is -2.55. The van der Waals surface area contributed by atoms with Crippen LogP contribution in [0.4, 0.5) is 0 Å². The topological polar surface area (TPSA) is 60.2 Å². The molecule has 1 fully saturated rings. The summed E-state index contributed by atoms with van der Waals surface area (Å²) in [4.78, 5) is 18.5. The van der Waals surface area contributed by atoms with Gasteiger partial charge in [0, 0.05) is 55.4 Å². The quantitative estimate of drug-likeness (QED) is 0.788. The lowest BCUT2D eigenvalue weighted by Gasteiger charge is -2.35. The SMILES string of the molecule is CCc1cccc2c(C(=O)NC(C)(C)CN3CCNCC3)c[nH]c12. The Labute approximate surface area is 143 Å². The molecule has 0 aliphatic carbocycles. The Morgan fingerprint density at radius 2 is 2.04 bits per heavy atom. The number of para-hydroxylation sites is 1. The maximum absolute atomic E-state index is 12.8. The number of carbonyl (C=O) groups excluding carboxylic acids is 1. The van der Waals surface area contributed by atoms with Crippen LogP contribution in [0.2, 0.25) is 0 Å². The molecule has 1 amide bonds. The van der Waals surface area contributed by atoms with Crippen LogP contribution in [0.25, 0.3) is 10.9 Å². The summed E-state index contributed by atoms with van der Waals surface area (Å²) < 4.78 is 0. The predicted octanol–water partition coefficient (Wildman–Crippen LogP) is 2.14. The Hall–Kier alpha value is -1.85. The van der Waals surface area contributed by atoms with E-state index < -0.39 is 0 Å². The number of carbonyl (C=O) groups is 1. The largest absolute Gasteiger partial charge is 0.360 e. The summed E-state index contributed by atoms with van der Waals surface area (Å²) in [6.07, 6.45) is 2.79. The van der Waals surface area contributed by atoms with Crippen molar-refractivity contribution in [1.29, 1.82) is 0 Å². The van der Waals surface area contributed by atoms with E-state index in [-0.39, 0.29) is 11.4 Å². The molecule has 0 saturated carbocycles. The van der Waals surface area contributed by atoms with Gasteiger partial charge < -0.3 is 15.6 Å². The molecule has 1 saturated heterocycles. The molecule has 0 atom stereocenters. The van der Waals surface area contributed by atoms with Gasteiger partial charge in [0.2, 0.25) is 0 Å². The molecule has 1 aromatic carbocycles. The molecule has 0 spiro atoms. The molecule has 130 valence electrons. The first kappa shape index (κ1) is 17.0. The van der Waals surface area contributed by atoms with Crippen molar-refractivity contribution in [2.24, 2.45) is 0 Å². The van der Waals surface area contributed by atoms with E-state index in [1.54, 1.807) is 0 Å². The number of hydrogen-bond donors (Lipinski definition) is 3. The number of aryl methyl sites for hydroxylation is 1. The molecule has 0 radical (unpaired) electrons. The molecule has 5 heteroatoms. The van der Waals surface area contributed by atoms with Crippen LogP contribution in [-0.2, 0) is 6.42 Å². The summed E-state index contributed by atoms with van der Waals surface area (Å²) in [5, 5.41) is 7.58. The number of benzene rings is 1. The fourth-order valence-corrected chi connectivity index (χ4v) is 3.54. The smallest absolute Gasteiger partial charge is 0.253 e. The molecule has 0 bridgehead atoms. The number of fused-ring (bicyclic) bond motifs is 1. The van der Waals surface area contributed by atoms with Gasteiger partial charge in [-0.1, -0.05) is 25.1 Å². The van der Waals surface area contributed by atoms with Gasteiger partial charge in [0.25, 0.3) is 5.91 Å². The van der Waals surface area contributed by atoms with E-state index in [4.69, 9.17) is 0 Å². The first-order chi connectivity index (χ1) is 11.5. The molecule has 3 rings (SSSR count). The third-order valence-electron chi connectivity index (χ3n) is 4.71. The van der Waals surface area contributed by atoms with Crippen LogP contribution >= 0.6 is 0 Å². The fourth-order valence-electron chi connectivity index (χ4n) is 3.54. The van der Waals surface area contributed by atoms with Gasteiger partial charge in [-0.2, -0.15) is 0 Å². The molecule has 2 aromatic rings. The van der Waals surface area contributed by atoms with Crippen molar-refractivity contribution in [3.63, 3.8) is 0 Å². The molecule has 0 unspecified atom stereocenters. The van der Waals surface area contributed by atoms with Crippen molar-refractivity contribution >= 4 is 16.8 Å². The van der Waals surface area contributed by atoms with Crippen molar-refractivity contribution in [1.82, 2.24) is 20.5 Å². The zero-order valence-electron chi connectivity index (χ0n) is 14.9. The van der Waals surface area contributed by atoms with Gasteiger partial charge in [0.1, 0.15) is 0 Å². The first-order valence-corrected chi connectivity index (χ1v) is 8.85. The highest BCUT2D eigenvalue weighted by Crippen LogP contribution is 2.22. The second kappa shape index (κ2) is 6.95. The van der Waals surface area contributed by atoms with E-state index in [1.165, 1.54) is 5.56 Å². The monoisotopic (exact) mass is 328 g/mol. The van der Waals surface area contributed by atoms with Crippen LogP contribution in [0, 0.1) is 0 Å². The Kier molecular flexibility index (Phi) is 4.92. The normalized spacial score (nSPS) is 16.5. The third-order valence-corrected chi connectivity index (χ3v) is 4.71. The van der Waals surface area contributed by atoms with Crippen LogP contribution in [0.3, 0.4) is 0 Å². The number of hydrogen-bond acceptors (Lipinski definition) is 3. The second-order valence-corrected chi connectivity index (χ2v) is 7.26. The number of rotatable bonds is 5. The minimum Gasteiger partial charge on any atom is -0.360 e. The van der Waals surface area contributed by atoms with E-state index in [9.17, 15) is 4.79 Å². The maximum atomic E-state index is 12.8. The Balaban J connectivity index is 1.74. The molecule has 1 aromatic heterocycles. The molecule has 2 heterocycles. The summed E-state index contributed by atoms with van der Waals surface area (Å²) in [6.45, 7) is 11.3. The Morgan fingerprint density at radius 3 is 2.75 bits per heavy atom. The van der Waals surface area contributed by atoms with E-state index in [0.717, 1.165) is 55.6 Å². The molecular weight excluding hydrogens is 300 g/mol. The van der Waals surface area contributed by atoms with Crippen molar-refractivity contribution in [3.05, 3.63) is 35.5 Å². The number of nitrogens with zero attached hydrogens (tertiary/aromatic N) is 1. The number of piperazine rings is 1. The molecule has 3 N–H and O–H groups in total. The molecule has 5 nitrogen and oxygen atoms in total. The number of nitrogens with one attached hydrogen (secondary N) is 3. The number of amides is 1. The number of aromatic nitrogens is 1. The summed E-state index contributed by atoms with van der Waals surface area (Å²) >= 11 is 0. The summed E-state index contributed by atoms with van der Waals surface area (Å²) in [5.74, 6) is -0.00497. The van der Waals surface area contributed by atoms with Crippen molar-refractivity contribution in [2.45, 2.75) is 32.7 Å². The van der Waals surface area contributed by atoms with Crippen LogP contribution in [0.5, 0.6) is 0 Å². The minimum absolute atomic E-state index is 0.00497. The van der Waals surface area contributed by atoms with Crippen LogP contribution in [0.1, 0.15) is 36.7 Å². The summed E-state index contributed by atoms with van der Waals surface area (Å²) in [7, 11) is 0. The summed E-state index contributed by atoms with van der Waals surface area (Å²) in [5.41, 5.74) is 2.78. The second-order valence-electron chi connectivity index (χ2n) is 7.26. The van der Waals surface area contributed by atoms with Gasteiger partial charge in [-0.15, -0.1) is 0 Å². The van der Waals surface area contributed by atoms with Gasteiger partial charge in [0.15, 0.2) is 0 Å². The third kappa shape index (κ3) is 3.62. The van der Waals surface area contributed by atoms with E-state index in [1.807, 2.05) is 18.3 Å². The zero-order chi connectivity index (χ0) is 17.2. The van der Waals surface area contributed by atoms with Gasteiger partial charge in [-0.05, 0) is 25.8 Å². The average Bonchev–Trinajstić information content (AvgIpc) is 2.99. The van der Waals surface area contributed by atoms with Crippen molar-refractivity contribution < 1.29 is 4.79 Å². The number of aromatic amines is 1. The van der Waals surface area contributed by atoms with Crippen LogP contribution in [-0.4, -0.2) is 54.1 Å². The van der Waals surface area contributed by atoms with Gasteiger partial charge in [-0.25, -0.2) is 0 Å². The molecular formula is C19H28N4O. The molecule has 24 heavy (non-hydrogen) atoms. The lowest BCUT2D eigenvalue weighted by molar-refractivity contribution is 0.0883. The highest BCUT2D eigenvalue weighted by Gasteiger charge is 2.26.